The molecule has 6 nitrogen and oxygen atoms in total. The van der Waals surface area contributed by atoms with Gasteiger partial charge in [0.15, 0.2) is 0 Å². The number of anilines is 1. The van der Waals surface area contributed by atoms with Gasteiger partial charge in [0.2, 0.25) is 0 Å². The summed E-state index contributed by atoms with van der Waals surface area (Å²) in [6.07, 6.45) is 9.22. The lowest BCUT2D eigenvalue weighted by Gasteiger charge is -2.39. The minimum Gasteiger partial charge on any atom is -0.271 e. The van der Waals surface area contributed by atoms with Crippen LogP contribution in [0.1, 0.15) is 150 Å². The van der Waals surface area contributed by atoms with Crippen LogP contribution in [-0.4, -0.2) is 34.6 Å². The summed E-state index contributed by atoms with van der Waals surface area (Å²) in [6, 6.07) is 23.6. The molecule has 6 heteroatoms. The Morgan fingerprint density at radius 2 is 0.979 bits per heavy atom. The predicted molar refractivity (Wildman–Crippen MR) is 190 cm³/mol. The smallest absolute Gasteiger partial charge is 0.265 e. The van der Waals surface area contributed by atoms with Crippen molar-refractivity contribution in [1.82, 2.24) is 4.90 Å². The van der Waals surface area contributed by atoms with Gasteiger partial charge in [0.05, 0.1) is 5.69 Å². The van der Waals surface area contributed by atoms with E-state index in [9.17, 15) is 19.2 Å². The number of nitrogens with zero attached hydrogens (tertiary/aromatic N) is 2. The van der Waals surface area contributed by atoms with Gasteiger partial charge in [0.1, 0.15) is 0 Å². The number of carbonyl (C=O) groups is 4. The number of benzene rings is 4. The molecule has 0 aromatic heterocycles. The molecule has 48 heavy (non-hydrogen) atoms. The second kappa shape index (κ2) is 12.5. The Hall–Kier alpha value is -4.58. The first kappa shape index (κ1) is 32.0. The van der Waals surface area contributed by atoms with Crippen LogP contribution in [0.3, 0.4) is 0 Å². The van der Waals surface area contributed by atoms with Crippen molar-refractivity contribution in [2.24, 2.45) is 0 Å². The molecular formula is C42H44N2O4. The first-order valence-corrected chi connectivity index (χ1v) is 17.9. The van der Waals surface area contributed by atoms with Gasteiger partial charge in [-0.25, -0.2) is 4.90 Å². The molecule has 0 atom stereocenters. The van der Waals surface area contributed by atoms with E-state index >= 15 is 0 Å². The number of rotatable bonds is 9. The number of imide groups is 2. The van der Waals surface area contributed by atoms with E-state index in [0.717, 1.165) is 38.5 Å². The van der Waals surface area contributed by atoms with Gasteiger partial charge in [-0.05, 0) is 97.5 Å². The van der Waals surface area contributed by atoms with Gasteiger partial charge < -0.3 is 0 Å². The van der Waals surface area contributed by atoms with Crippen LogP contribution in [0.2, 0.25) is 0 Å². The average Bonchev–Trinajstić information content (AvgIpc) is 3.13. The Balaban J connectivity index is 1.25. The van der Waals surface area contributed by atoms with Gasteiger partial charge in [-0.2, -0.15) is 0 Å². The van der Waals surface area contributed by atoms with Gasteiger partial charge in [-0.15, -0.1) is 0 Å². The summed E-state index contributed by atoms with van der Waals surface area (Å²) in [5.41, 5.74) is 5.70. The van der Waals surface area contributed by atoms with Crippen LogP contribution in [0.5, 0.6) is 0 Å². The highest BCUT2D eigenvalue weighted by molar-refractivity contribution is 6.39. The Labute approximate surface area is 283 Å². The molecule has 4 amide bonds. The lowest BCUT2D eigenvalue weighted by molar-refractivity contribution is 0.0529. The molecule has 4 aromatic carbocycles. The maximum atomic E-state index is 14.1. The zero-order valence-corrected chi connectivity index (χ0v) is 28.5. The van der Waals surface area contributed by atoms with Crippen LogP contribution in [-0.2, 0) is 5.41 Å². The molecule has 2 heterocycles. The van der Waals surface area contributed by atoms with Crippen molar-refractivity contribution in [1.29, 1.82) is 0 Å². The van der Waals surface area contributed by atoms with E-state index in [-0.39, 0.29) is 23.3 Å². The van der Waals surface area contributed by atoms with Crippen LogP contribution in [0.4, 0.5) is 5.69 Å². The standard InChI is InChI=1S/C42H44N2O4/c1-5-26(6-2)27-12-14-28(15-13-27)42(24-10-9-11-25-42)29-16-18-31(19-17-29)44-40(47)34-22-20-32-36-33(21-23-35(37(34)36)41(44)48)39(46)43(38(32)45)30(7-3)8-4/h12-23,26,30H,5-11,24-25H2,1-4H3. The van der Waals surface area contributed by atoms with E-state index in [1.807, 2.05) is 26.0 Å². The molecule has 0 N–H and O–H groups in total. The van der Waals surface area contributed by atoms with E-state index in [4.69, 9.17) is 0 Å². The summed E-state index contributed by atoms with van der Waals surface area (Å²) < 4.78 is 0. The molecule has 246 valence electrons. The maximum Gasteiger partial charge on any atom is 0.265 e. The topological polar surface area (TPSA) is 74.8 Å². The normalized spacial score (nSPS) is 17.3. The molecule has 1 saturated carbocycles. The Bertz CT molecular complexity index is 1860. The third-order valence-electron chi connectivity index (χ3n) is 11.5. The quantitative estimate of drug-likeness (QED) is 0.171. The van der Waals surface area contributed by atoms with Crippen LogP contribution < -0.4 is 4.90 Å². The fourth-order valence-corrected chi connectivity index (χ4v) is 8.78. The Morgan fingerprint density at radius 1 is 0.542 bits per heavy atom. The first-order chi connectivity index (χ1) is 23.3. The number of hydrogen-bond acceptors (Lipinski definition) is 4. The number of carbonyl (C=O) groups excluding carboxylic acids is 4. The molecule has 0 spiro atoms. The van der Waals surface area contributed by atoms with Crippen molar-refractivity contribution in [2.45, 2.75) is 103 Å². The molecule has 3 aliphatic rings. The van der Waals surface area contributed by atoms with Crippen LogP contribution in [0.25, 0.3) is 10.8 Å². The van der Waals surface area contributed by atoms with Crippen molar-refractivity contribution in [2.75, 3.05) is 4.90 Å². The van der Waals surface area contributed by atoms with Crippen LogP contribution >= 0.6 is 0 Å². The number of amides is 4. The SMILES string of the molecule is CCC(CC)c1ccc(C2(c3ccc(N4C(=O)c5ccc6c7c(ccc(c57)C4=O)C(=O)N(C(CC)CC)C6=O)cc3)CCCCC2)cc1. The van der Waals surface area contributed by atoms with E-state index < -0.39 is 11.8 Å². The fraction of sp³-hybridized carbons (Fsp3) is 0.381. The lowest BCUT2D eigenvalue weighted by Crippen LogP contribution is -2.47. The predicted octanol–water partition coefficient (Wildman–Crippen LogP) is 9.58. The molecule has 1 fully saturated rings. The summed E-state index contributed by atoms with van der Waals surface area (Å²) in [7, 11) is 0. The molecule has 4 aromatic rings. The maximum absolute atomic E-state index is 14.1. The van der Waals surface area contributed by atoms with E-state index in [1.165, 1.54) is 32.9 Å². The van der Waals surface area contributed by atoms with E-state index in [2.05, 4.69) is 50.2 Å². The largest absolute Gasteiger partial charge is 0.271 e. The summed E-state index contributed by atoms with van der Waals surface area (Å²) in [4.78, 5) is 58.1. The highest BCUT2D eigenvalue weighted by atomic mass is 16.2. The Morgan fingerprint density at radius 3 is 1.42 bits per heavy atom. The second-order valence-electron chi connectivity index (χ2n) is 13.8. The van der Waals surface area contributed by atoms with Gasteiger partial charge in [0.25, 0.3) is 23.6 Å². The summed E-state index contributed by atoms with van der Waals surface area (Å²) in [6.45, 7) is 8.42. The summed E-state index contributed by atoms with van der Waals surface area (Å²) in [5, 5.41) is 0.810. The van der Waals surface area contributed by atoms with Crippen molar-refractivity contribution in [3.63, 3.8) is 0 Å². The third-order valence-corrected chi connectivity index (χ3v) is 11.5. The van der Waals surface area contributed by atoms with Gasteiger partial charge in [-0.3, -0.25) is 24.1 Å². The molecule has 0 unspecified atom stereocenters. The zero-order valence-electron chi connectivity index (χ0n) is 28.5. The molecular weight excluding hydrogens is 596 g/mol. The molecule has 1 aliphatic carbocycles. The number of hydrogen-bond donors (Lipinski definition) is 0. The first-order valence-electron chi connectivity index (χ1n) is 17.9. The molecule has 2 aliphatic heterocycles. The minimum atomic E-state index is -0.448. The average molecular weight is 641 g/mol. The third kappa shape index (κ3) is 4.75. The van der Waals surface area contributed by atoms with Crippen LogP contribution in [0, 0.1) is 0 Å². The monoisotopic (exact) mass is 640 g/mol. The lowest BCUT2D eigenvalue weighted by atomic mass is 9.65. The van der Waals surface area contributed by atoms with E-state index in [1.54, 1.807) is 24.3 Å². The highest BCUT2D eigenvalue weighted by Crippen LogP contribution is 2.46. The summed E-state index contributed by atoms with van der Waals surface area (Å²) in [5.74, 6) is -1.07. The van der Waals surface area contributed by atoms with Crippen molar-refractivity contribution < 1.29 is 19.2 Å². The van der Waals surface area contributed by atoms with Gasteiger partial charge in [-0.1, -0.05) is 83.4 Å². The van der Waals surface area contributed by atoms with Crippen molar-refractivity contribution >= 4 is 40.1 Å². The van der Waals surface area contributed by atoms with Gasteiger partial charge in [0, 0.05) is 44.5 Å². The zero-order chi connectivity index (χ0) is 33.7. The molecule has 0 radical (unpaired) electrons. The van der Waals surface area contributed by atoms with Crippen molar-refractivity contribution in [3.8, 4) is 0 Å². The van der Waals surface area contributed by atoms with E-state index in [0.29, 0.717) is 57.5 Å². The second-order valence-corrected chi connectivity index (χ2v) is 13.8. The van der Waals surface area contributed by atoms with Crippen molar-refractivity contribution in [3.05, 3.63) is 112 Å². The minimum absolute atomic E-state index is 0.112. The van der Waals surface area contributed by atoms with Crippen LogP contribution in [0.15, 0.2) is 72.8 Å². The molecule has 0 bridgehead atoms. The fourth-order valence-electron chi connectivity index (χ4n) is 8.78. The van der Waals surface area contributed by atoms with Gasteiger partial charge >= 0.3 is 0 Å². The Kier molecular flexibility index (Phi) is 8.31. The summed E-state index contributed by atoms with van der Waals surface area (Å²) >= 11 is 0. The highest BCUT2D eigenvalue weighted by Gasteiger charge is 2.42. The molecule has 7 rings (SSSR count). The molecule has 0 saturated heterocycles.